The standard InChI is InChI=1S/C32H35ClF5N9O4/c1-45-23(20-14-47(25-7-31(25,34)35)44-26(20)32(36,37)38)10-40-27(45)29(50)42-18-2-3-19(21(33)6-18)28(49)41-8-15-4-16-12-46(13-17(16)5-15)30(51)43-22-9-39-11-24(22)48/h2-3,6,10,14-17,22,24-25,39,48H,4-5,7-9,11-13H2,1H3,(H,41,49)(H,42,50)(H,43,51). The Kier molecular flexibility index (Phi) is 8.98. The monoisotopic (exact) mass is 739 g/mol. The Balaban J connectivity index is 0.928. The van der Waals surface area contributed by atoms with Gasteiger partial charge >= 0.3 is 12.2 Å². The number of carbonyl (C=O) groups excluding carboxylic acids is 3. The summed E-state index contributed by atoms with van der Waals surface area (Å²) in [5, 5.41) is 24.8. The third-order valence-corrected chi connectivity index (χ3v) is 10.5. The van der Waals surface area contributed by atoms with Crippen molar-refractivity contribution in [3.8, 4) is 11.3 Å². The first-order valence-corrected chi connectivity index (χ1v) is 16.9. The van der Waals surface area contributed by atoms with E-state index in [1.165, 1.54) is 25.2 Å². The number of amides is 4. The molecule has 4 heterocycles. The molecule has 2 aromatic heterocycles. The minimum absolute atomic E-state index is 0.0532. The van der Waals surface area contributed by atoms with Gasteiger partial charge in [0.1, 0.15) is 6.04 Å². The summed E-state index contributed by atoms with van der Waals surface area (Å²) in [6.07, 6.45) is -2.55. The third kappa shape index (κ3) is 7.00. The van der Waals surface area contributed by atoms with Gasteiger partial charge in [0.2, 0.25) is 0 Å². The average molecular weight is 740 g/mol. The Labute approximate surface area is 292 Å². The number of aliphatic hydroxyl groups is 1. The van der Waals surface area contributed by atoms with Crippen LogP contribution in [0.2, 0.25) is 5.02 Å². The van der Waals surface area contributed by atoms with Crippen LogP contribution in [-0.4, -0.2) is 98.0 Å². The molecule has 51 heavy (non-hydrogen) atoms. The number of alkyl halides is 5. The summed E-state index contributed by atoms with van der Waals surface area (Å²) in [5.41, 5.74) is -1.65. The van der Waals surface area contributed by atoms with E-state index >= 15 is 0 Å². The van der Waals surface area contributed by atoms with Gasteiger partial charge in [0.05, 0.1) is 40.2 Å². The Morgan fingerprint density at radius 2 is 1.82 bits per heavy atom. The summed E-state index contributed by atoms with van der Waals surface area (Å²) in [4.78, 5) is 44.5. The number of rotatable bonds is 8. The fourth-order valence-electron chi connectivity index (χ4n) is 7.42. The van der Waals surface area contributed by atoms with Crippen molar-refractivity contribution >= 4 is 35.1 Å². The highest BCUT2D eigenvalue weighted by atomic mass is 35.5. The maximum atomic E-state index is 13.8. The lowest BCUT2D eigenvalue weighted by Gasteiger charge is -2.23. The van der Waals surface area contributed by atoms with Crippen LogP contribution in [0.3, 0.4) is 0 Å². The van der Waals surface area contributed by atoms with Crippen molar-refractivity contribution in [3.05, 3.63) is 52.7 Å². The second-order valence-corrected chi connectivity index (χ2v) is 14.2. The van der Waals surface area contributed by atoms with Gasteiger partial charge in [-0.2, -0.15) is 18.3 Å². The summed E-state index contributed by atoms with van der Waals surface area (Å²) in [5.74, 6) is -3.74. The smallest absolute Gasteiger partial charge is 0.390 e. The summed E-state index contributed by atoms with van der Waals surface area (Å²) >= 11 is 6.41. The molecule has 5 N–H and O–H groups in total. The molecule has 19 heteroatoms. The molecule has 4 amide bonds. The van der Waals surface area contributed by atoms with Crippen LogP contribution in [0, 0.1) is 17.8 Å². The van der Waals surface area contributed by atoms with Crippen molar-refractivity contribution in [2.45, 2.75) is 49.5 Å². The maximum Gasteiger partial charge on any atom is 0.435 e. The van der Waals surface area contributed by atoms with E-state index in [4.69, 9.17) is 11.6 Å². The van der Waals surface area contributed by atoms with Crippen LogP contribution in [0.4, 0.5) is 32.4 Å². The number of urea groups is 1. The number of aromatic nitrogens is 4. The molecule has 1 aromatic carbocycles. The molecule has 2 aliphatic heterocycles. The molecule has 2 saturated heterocycles. The first-order valence-electron chi connectivity index (χ1n) is 16.5. The maximum absolute atomic E-state index is 13.8. The summed E-state index contributed by atoms with van der Waals surface area (Å²) in [6, 6.07) is 2.29. The third-order valence-electron chi connectivity index (χ3n) is 10.2. The number of hydrogen-bond acceptors (Lipinski definition) is 7. The number of benzene rings is 1. The van der Waals surface area contributed by atoms with Gasteiger partial charge in [-0.3, -0.25) is 14.3 Å². The van der Waals surface area contributed by atoms with E-state index in [-0.39, 0.29) is 45.8 Å². The molecule has 0 spiro atoms. The van der Waals surface area contributed by atoms with Crippen LogP contribution in [0.1, 0.15) is 52.0 Å². The van der Waals surface area contributed by atoms with Gasteiger partial charge < -0.3 is 35.8 Å². The second-order valence-electron chi connectivity index (χ2n) is 13.8. The van der Waals surface area contributed by atoms with E-state index in [9.17, 15) is 41.4 Å². The SMILES string of the molecule is Cn1c(-c2cn(C3CC3(F)F)nc2C(F)(F)F)cnc1C(=O)Nc1ccc(C(=O)NCC2CC3CN(C(=O)NC4CNCC4O)CC3C2)c(Cl)c1. The molecule has 2 saturated carbocycles. The Morgan fingerprint density at radius 1 is 1.12 bits per heavy atom. The van der Waals surface area contributed by atoms with Crippen molar-refractivity contribution in [1.29, 1.82) is 0 Å². The lowest BCUT2D eigenvalue weighted by atomic mass is 10.0. The molecular formula is C32H35ClF5N9O4. The number of aliphatic hydroxyl groups excluding tert-OH is 1. The highest BCUT2D eigenvalue weighted by Gasteiger charge is 2.59. The predicted molar refractivity (Wildman–Crippen MR) is 172 cm³/mol. The van der Waals surface area contributed by atoms with E-state index in [1.54, 1.807) is 4.90 Å². The first kappa shape index (κ1) is 35.1. The van der Waals surface area contributed by atoms with Crippen LogP contribution in [0.5, 0.6) is 0 Å². The zero-order valence-corrected chi connectivity index (χ0v) is 27.9. The van der Waals surface area contributed by atoms with Crippen LogP contribution in [0.25, 0.3) is 11.3 Å². The second kappa shape index (κ2) is 13.0. The van der Waals surface area contributed by atoms with Gasteiger partial charge in [-0.1, -0.05) is 11.6 Å². The van der Waals surface area contributed by atoms with Gasteiger partial charge in [0.15, 0.2) is 11.5 Å². The number of carbonyl (C=O) groups is 3. The topological polar surface area (TPSA) is 158 Å². The largest absolute Gasteiger partial charge is 0.435 e. The number of nitrogens with one attached hydrogen (secondary N) is 4. The molecule has 2 aliphatic carbocycles. The van der Waals surface area contributed by atoms with Crippen molar-refractivity contribution in [3.63, 3.8) is 0 Å². The fraction of sp³-hybridized carbons (Fsp3) is 0.531. The first-order chi connectivity index (χ1) is 24.1. The van der Waals surface area contributed by atoms with E-state index in [0.717, 1.165) is 29.8 Å². The molecular weight excluding hydrogens is 705 g/mol. The summed E-state index contributed by atoms with van der Waals surface area (Å²) in [7, 11) is 1.31. The lowest BCUT2D eigenvalue weighted by molar-refractivity contribution is -0.141. The molecule has 3 aromatic rings. The zero-order chi connectivity index (χ0) is 36.4. The molecule has 0 bridgehead atoms. The molecule has 4 fully saturated rings. The number of anilines is 1. The van der Waals surface area contributed by atoms with Gasteiger partial charge in [0, 0.05) is 58.1 Å². The van der Waals surface area contributed by atoms with E-state index < -0.39 is 53.7 Å². The summed E-state index contributed by atoms with van der Waals surface area (Å²) < 4.78 is 70.2. The van der Waals surface area contributed by atoms with Crippen molar-refractivity contribution < 1.29 is 41.4 Å². The molecule has 5 atom stereocenters. The normalized spacial score (nSPS) is 26.6. The van der Waals surface area contributed by atoms with Crippen molar-refractivity contribution in [1.82, 2.24) is 40.2 Å². The minimum atomic E-state index is -4.95. The number of β-amino-alcohol motifs (C(OH)–C–C–N with tert-alkyl or cyclic N) is 1. The molecule has 274 valence electrons. The lowest BCUT2D eigenvalue weighted by Crippen LogP contribution is -2.48. The Hall–Kier alpha value is -4.29. The van der Waals surface area contributed by atoms with Crippen LogP contribution in [0.15, 0.2) is 30.6 Å². The van der Waals surface area contributed by atoms with E-state index in [2.05, 4.69) is 31.3 Å². The number of nitrogens with zero attached hydrogens (tertiary/aromatic N) is 5. The van der Waals surface area contributed by atoms with Gasteiger partial charge in [-0.05, 0) is 48.8 Å². The minimum Gasteiger partial charge on any atom is -0.390 e. The number of imidazole rings is 1. The fourth-order valence-corrected chi connectivity index (χ4v) is 7.69. The number of likely N-dealkylation sites (tertiary alicyclic amines) is 1. The van der Waals surface area contributed by atoms with Crippen molar-refractivity contribution in [2.24, 2.45) is 24.8 Å². The summed E-state index contributed by atoms with van der Waals surface area (Å²) in [6.45, 7) is 2.65. The van der Waals surface area contributed by atoms with E-state index in [1.807, 2.05) is 0 Å². The van der Waals surface area contributed by atoms with Gasteiger partial charge in [-0.15, -0.1) is 0 Å². The Morgan fingerprint density at radius 3 is 2.43 bits per heavy atom. The number of halogens is 6. The number of hydrogen-bond donors (Lipinski definition) is 5. The van der Waals surface area contributed by atoms with Crippen molar-refractivity contribution in [2.75, 3.05) is 38.0 Å². The number of fused-ring (bicyclic) bond motifs is 1. The van der Waals surface area contributed by atoms with E-state index in [0.29, 0.717) is 49.2 Å². The highest BCUT2D eigenvalue weighted by molar-refractivity contribution is 6.34. The average Bonchev–Trinajstić information content (AvgIpc) is 3.70. The molecule has 0 radical (unpaired) electrons. The molecule has 7 rings (SSSR count). The Bertz CT molecular complexity index is 1850. The zero-order valence-electron chi connectivity index (χ0n) is 27.2. The van der Waals surface area contributed by atoms with Crippen LogP contribution >= 0.6 is 11.6 Å². The van der Waals surface area contributed by atoms with Gasteiger partial charge in [-0.25, -0.2) is 18.6 Å². The molecule has 13 nitrogen and oxygen atoms in total. The molecule has 5 unspecified atom stereocenters. The molecule has 4 aliphatic rings. The predicted octanol–water partition coefficient (Wildman–Crippen LogP) is 3.52. The van der Waals surface area contributed by atoms with Gasteiger partial charge in [0.25, 0.3) is 17.7 Å². The highest BCUT2D eigenvalue weighted by Crippen LogP contribution is 2.53. The van der Waals surface area contributed by atoms with Crippen LogP contribution in [-0.2, 0) is 13.2 Å². The quantitative estimate of drug-likeness (QED) is 0.221. The van der Waals surface area contributed by atoms with Crippen LogP contribution < -0.4 is 21.3 Å².